The molecule has 7 heteroatoms. The van der Waals surface area contributed by atoms with Crippen LogP contribution in [0, 0.1) is 17.8 Å². The van der Waals surface area contributed by atoms with Gasteiger partial charge in [0, 0.05) is 18.5 Å². The van der Waals surface area contributed by atoms with Crippen LogP contribution in [0.2, 0.25) is 0 Å². The van der Waals surface area contributed by atoms with Crippen LogP contribution in [0.15, 0.2) is 9.59 Å². The van der Waals surface area contributed by atoms with Gasteiger partial charge in [-0.25, -0.2) is 9.78 Å². The highest BCUT2D eigenvalue weighted by atomic mass is 16.3. The molecular weight excluding hydrogens is 356 g/mol. The Balaban J connectivity index is 1.68. The van der Waals surface area contributed by atoms with Crippen LogP contribution in [-0.4, -0.2) is 30.3 Å². The first-order chi connectivity index (χ1) is 13.5. The number of nitrogens with one attached hydrogen (secondary N) is 1. The average Bonchev–Trinajstić information content (AvgIpc) is 3.12. The Hall–Kier alpha value is -1.89. The number of aromatic amines is 1. The van der Waals surface area contributed by atoms with Crippen molar-refractivity contribution in [2.24, 2.45) is 17.8 Å². The maximum atomic E-state index is 13.0. The van der Waals surface area contributed by atoms with E-state index in [0.717, 1.165) is 50.8 Å². The fraction of sp³-hybridized carbons (Fsp3) is 0.762. The zero-order chi connectivity index (χ0) is 19.6. The molecule has 4 aliphatic rings. The molecule has 6 rings (SSSR count). The molecule has 2 aromatic rings. The summed E-state index contributed by atoms with van der Waals surface area (Å²) in [6.07, 6.45) is 6.53. The highest BCUT2D eigenvalue weighted by Crippen LogP contribution is 2.60. The number of nitrogens with zero attached hydrogens (tertiary/aromatic N) is 3. The summed E-state index contributed by atoms with van der Waals surface area (Å²) in [6, 6.07) is 0. The number of hydrogen-bond donors (Lipinski definition) is 2. The van der Waals surface area contributed by atoms with Crippen LogP contribution >= 0.6 is 0 Å². The molecule has 0 spiro atoms. The fourth-order valence-corrected chi connectivity index (χ4v) is 6.55. The normalized spacial score (nSPS) is 33.8. The molecule has 2 N–H and O–H groups in total. The molecule has 4 fully saturated rings. The van der Waals surface area contributed by atoms with Crippen molar-refractivity contribution in [3.63, 3.8) is 0 Å². The summed E-state index contributed by atoms with van der Waals surface area (Å²) in [4.78, 5) is 34.2. The molecule has 0 saturated heterocycles. The molecule has 2 atom stereocenters. The summed E-state index contributed by atoms with van der Waals surface area (Å²) in [7, 11) is 0. The fourth-order valence-electron chi connectivity index (χ4n) is 6.55. The Morgan fingerprint density at radius 2 is 1.71 bits per heavy atom. The van der Waals surface area contributed by atoms with E-state index in [0.29, 0.717) is 42.0 Å². The van der Waals surface area contributed by atoms with Gasteiger partial charge in [0.2, 0.25) is 0 Å². The van der Waals surface area contributed by atoms with Crippen molar-refractivity contribution in [1.82, 2.24) is 19.1 Å². The Morgan fingerprint density at radius 3 is 2.36 bits per heavy atom. The van der Waals surface area contributed by atoms with E-state index in [1.54, 1.807) is 4.57 Å². The van der Waals surface area contributed by atoms with Gasteiger partial charge in [-0.1, -0.05) is 13.8 Å². The Kier molecular flexibility index (Phi) is 4.09. The highest BCUT2D eigenvalue weighted by Gasteiger charge is 2.56. The number of aromatic nitrogens is 4. The van der Waals surface area contributed by atoms with Crippen LogP contribution in [-0.2, 0) is 18.5 Å². The standard InChI is InChI=1S/C21H30N4O3/c1-3-5-24-17-15(18(27)25(6-4-2)20(24)28)22-19(23-17)21-9-12-7-13(10-21)16(26)14(8-12)11-21/h12-14,16,26H,3-11H2,1-2H3,(H,22,23). The predicted octanol–water partition coefficient (Wildman–Crippen LogP) is 2.14. The van der Waals surface area contributed by atoms with E-state index >= 15 is 0 Å². The van der Waals surface area contributed by atoms with Crippen molar-refractivity contribution in [1.29, 1.82) is 0 Å². The van der Waals surface area contributed by atoms with Crippen molar-refractivity contribution in [3.05, 3.63) is 26.7 Å². The first-order valence-electron chi connectivity index (χ1n) is 10.9. The van der Waals surface area contributed by atoms with Gasteiger partial charge < -0.3 is 10.1 Å². The van der Waals surface area contributed by atoms with Gasteiger partial charge in [0.05, 0.1) is 6.10 Å². The van der Waals surface area contributed by atoms with Crippen molar-refractivity contribution < 1.29 is 5.11 Å². The molecule has 2 heterocycles. The smallest absolute Gasteiger partial charge is 0.332 e. The first kappa shape index (κ1) is 18.2. The molecule has 2 unspecified atom stereocenters. The van der Waals surface area contributed by atoms with Gasteiger partial charge in [0.1, 0.15) is 11.3 Å². The second kappa shape index (κ2) is 6.31. The quantitative estimate of drug-likeness (QED) is 0.823. The van der Waals surface area contributed by atoms with E-state index in [9.17, 15) is 14.7 Å². The number of fused-ring (bicyclic) bond motifs is 1. The van der Waals surface area contributed by atoms with Crippen LogP contribution in [0.3, 0.4) is 0 Å². The third-order valence-corrected chi connectivity index (χ3v) is 7.48. The van der Waals surface area contributed by atoms with E-state index in [4.69, 9.17) is 4.98 Å². The minimum absolute atomic E-state index is 0.0795. The Morgan fingerprint density at radius 1 is 1.07 bits per heavy atom. The second-order valence-electron chi connectivity index (χ2n) is 9.42. The third kappa shape index (κ3) is 2.41. The molecule has 152 valence electrons. The summed E-state index contributed by atoms with van der Waals surface area (Å²) in [5.41, 5.74) is 0.394. The van der Waals surface area contributed by atoms with Crippen LogP contribution < -0.4 is 11.2 Å². The molecule has 0 aromatic carbocycles. The number of aliphatic hydroxyl groups is 1. The maximum absolute atomic E-state index is 13.0. The molecule has 7 nitrogen and oxygen atoms in total. The molecule has 4 aliphatic carbocycles. The maximum Gasteiger partial charge on any atom is 0.332 e. The van der Waals surface area contributed by atoms with Crippen molar-refractivity contribution in [3.8, 4) is 0 Å². The number of H-pyrrole nitrogens is 1. The lowest BCUT2D eigenvalue weighted by molar-refractivity contribution is -0.107. The summed E-state index contributed by atoms with van der Waals surface area (Å²) >= 11 is 0. The van der Waals surface area contributed by atoms with E-state index in [1.165, 1.54) is 4.57 Å². The predicted molar refractivity (Wildman–Crippen MR) is 106 cm³/mol. The number of aliphatic hydroxyl groups excluding tert-OH is 1. The average molecular weight is 386 g/mol. The zero-order valence-corrected chi connectivity index (χ0v) is 16.8. The summed E-state index contributed by atoms with van der Waals surface area (Å²) < 4.78 is 3.02. The first-order valence-corrected chi connectivity index (χ1v) is 10.9. The lowest BCUT2D eigenvalue weighted by Crippen LogP contribution is -2.55. The van der Waals surface area contributed by atoms with Gasteiger partial charge in [-0.2, -0.15) is 0 Å². The molecule has 28 heavy (non-hydrogen) atoms. The van der Waals surface area contributed by atoms with Gasteiger partial charge in [-0.3, -0.25) is 13.9 Å². The SMILES string of the molecule is CCCn1c(=O)c2[nH]c(C34CC5CC(C3)C(O)C(C5)C4)nc2n(CCC)c1=O. The number of imidazole rings is 1. The molecule has 0 amide bonds. The highest BCUT2D eigenvalue weighted by molar-refractivity contribution is 5.70. The molecule has 4 bridgehead atoms. The van der Waals surface area contributed by atoms with Crippen molar-refractivity contribution in [2.75, 3.05) is 0 Å². The van der Waals surface area contributed by atoms with Gasteiger partial charge in [0.25, 0.3) is 5.56 Å². The number of rotatable bonds is 5. The van der Waals surface area contributed by atoms with Crippen LogP contribution in [0.25, 0.3) is 11.2 Å². The zero-order valence-electron chi connectivity index (χ0n) is 16.8. The van der Waals surface area contributed by atoms with Crippen molar-refractivity contribution >= 4 is 11.2 Å². The Bertz CT molecular complexity index is 1020. The summed E-state index contributed by atoms with van der Waals surface area (Å²) in [5.74, 6) is 2.19. The minimum atomic E-state index is -0.252. The van der Waals surface area contributed by atoms with Crippen LogP contribution in [0.5, 0.6) is 0 Å². The molecule has 0 aliphatic heterocycles. The third-order valence-electron chi connectivity index (χ3n) is 7.48. The second-order valence-corrected chi connectivity index (χ2v) is 9.42. The minimum Gasteiger partial charge on any atom is -0.393 e. The van der Waals surface area contributed by atoms with E-state index in [-0.39, 0.29) is 22.8 Å². The van der Waals surface area contributed by atoms with Gasteiger partial charge in [-0.15, -0.1) is 0 Å². The van der Waals surface area contributed by atoms with Gasteiger partial charge >= 0.3 is 5.69 Å². The molecule has 2 aromatic heterocycles. The Labute approximate surface area is 163 Å². The summed E-state index contributed by atoms with van der Waals surface area (Å²) in [6.45, 7) is 4.99. The molecular formula is C21H30N4O3. The van der Waals surface area contributed by atoms with Crippen LogP contribution in [0.1, 0.15) is 64.6 Å². The van der Waals surface area contributed by atoms with Gasteiger partial charge in [0.15, 0.2) is 5.65 Å². The van der Waals surface area contributed by atoms with E-state index in [1.807, 2.05) is 13.8 Å². The van der Waals surface area contributed by atoms with Gasteiger partial charge in [-0.05, 0) is 62.7 Å². The number of hydrogen-bond acceptors (Lipinski definition) is 4. The molecule has 4 saturated carbocycles. The van der Waals surface area contributed by atoms with Crippen molar-refractivity contribution in [2.45, 2.75) is 83.4 Å². The number of aryl methyl sites for hydroxylation is 1. The van der Waals surface area contributed by atoms with E-state index in [2.05, 4.69) is 4.98 Å². The molecule has 0 radical (unpaired) electrons. The largest absolute Gasteiger partial charge is 0.393 e. The lowest BCUT2D eigenvalue weighted by Gasteiger charge is -2.58. The summed E-state index contributed by atoms with van der Waals surface area (Å²) in [5, 5.41) is 10.6. The van der Waals surface area contributed by atoms with Crippen LogP contribution in [0.4, 0.5) is 0 Å². The van der Waals surface area contributed by atoms with E-state index < -0.39 is 0 Å². The lowest BCUT2D eigenvalue weighted by atomic mass is 9.48. The topological polar surface area (TPSA) is 92.9 Å². The monoisotopic (exact) mass is 386 g/mol.